The molecule has 0 radical (unpaired) electrons. The molecule has 2 heterocycles. The molecule has 2 aliphatic rings. The van der Waals surface area contributed by atoms with E-state index in [0.717, 1.165) is 26.1 Å². The largest absolute Gasteiger partial charge is 0.378 e. The lowest BCUT2D eigenvalue weighted by atomic mass is 10.1. The van der Waals surface area contributed by atoms with Crippen molar-refractivity contribution in [3.05, 3.63) is 22.4 Å². The lowest BCUT2D eigenvalue weighted by Gasteiger charge is -2.24. The van der Waals surface area contributed by atoms with Gasteiger partial charge in [0.15, 0.2) is 5.03 Å². The Morgan fingerprint density at radius 3 is 2.85 bits per heavy atom. The van der Waals surface area contributed by atoms with Crippen molar-refractivity contribution in [3.8, 4) is 0 Å². The molecular formula is C13H22N4O3. The van der Waals surface area contributed by atoms with Crippen molar-refractivity contribution in [1.29, 1.82) is 0 Å². The second-order valence-electron chi connectivity index (χ2n) is 5.52. The summed E-state index contributed by atoms with van der Waals surface area (Å²) in [5, 5.41) is 13.7. The Bertz CT molecular complexity index is 424. The van der Waals surface area contributed by atoms with E-state index in [1.54, 1.807) is 0 Å². The number of guanidine groups is 1. The zero-order valence-electron chi connectivity index (χ0n) is 12.2. The van der Waals surface area contributed by atoms with Crippen molar-refractivity contribution < 1.29 is 9.77 Å². The highest BCUT2D eigenvalue weighted by molar-refractivity contribution is 5.83. The van der Waals surface area contributed by atoms with E-state index < -0.39 is 5.03 Å². The van der Waals surface area contributed by atoms with E-state index in [4.69, 9.17) is 4.74 Å². The molecule has 2 saturated heterocycles. The second kappa shape index (κ2) is 6.21. The summed E-state index contributed by atoms with van der Waals surface area (Å²) in [6.07, 6.45) is 4.98. The van der Waals surface area contributed by atoms with Crippen LogP contribution in [0.4, 0.5) is 0 Å². The fraction of sp³-hybridized carbons (Fsp3) is 0.769. The number of nitrogens with zero attached hydrogens (tertiary/aromatic N) is 4. The lowest BCUT2D eigenvalue weighted by Crippen LogP contribution is -2.38. The van der Waals surface area contributed by atoms with E-state index in [-0.39, 0.29) is 12.1 Å². The van der Waals surface area contributed by atoms with Gasteiger partial charge < -0.3 is 14.5 Å². The minimum Gasteiger partial charge on any atom is -0.378 e. The molecule has 2 fully saturated rings. The molecular weight excluding hydrogens is 260 g/mol. The monoisotopic (exact) mass is 282 g/mol. The van der Waals surface area contributed by atoms with Gasteiger partial charge in [0.25, 0.3) is 5.96 Å². The van der Waals surface area contributed by atoms with E-state index in [1.165, 1.54) is 0 Å². The minimum absolute atomic E-state index is 0.209. The minimum atomic E-state index is -0.620. The van der Waals surface area contributed by atoms with Crippen LogP contribution in [-0.2, 0) is 4.74 Å². The highest BCUT2D eigenvalue weighted by atomic mass is 16.7. The van der Waals surface area contributed by atoms with E-state index in [9.17, 15) is 10.1 Å². The van der Waals surface area contributed by atoms with Crippen molar-refractivity contribution in [1.82, 2.24) is 9.80 Å². The lowest BCUT2D eigenvalue weighted by molar-refractivity contribution is -0.486. The van der Waals surface area contributed by atoms with Crippen molar-refractivity contribution in [3.63, 3.8) is 0 Å². The number of ether oxygens (including phenoxy) is 1. The molecule has 112 valence electrons. The molecule has 2 aliphatic heterocycles. The van der Waals surface area contributed by atoms with Crippen LogP contribution in [0.2, 0.25) is 0 Å². The fourth-order valence-electron chi connectivity index (χ4n) is 2.90. The van der Waals surface area contributed by atoms with Crippen LogP contribution in [-0.4, -0.2) is 52.6 Å². The molecule has 7 nitrogen and oxygen atoms in total. The van der Waals surface area contributed by atoms with Gasteiger partial charge in [0.2, 0.25) is 0 Å². The van der Waals surface area contributed by atoms with Crippen LogP contribution in [0.15, 0.2) is 17.4 Å². The van der Waals surface area contributed by atoms with E-state index in [2.05, 4.69) is 18.9 Å². The molecule has 0 spiro atoms. The summed E-state index contributed by atoms with van der Waals surface area (Å²) in [7, 11) is 0. The molecule has 0 amide bonds. The summed E-state index contributed by atoms with van der Waals surface area (Å²) in [6.45, 7) is 8.22. The summed E-state index contributed by atoms with van der Waals surface area (Å²) >= 11 is 0. The van der Waals surface area contributed by atoms with E-state index in [1.807, 2.05) is 29.0 Å². The Hall–Kier alpha value is -1.63. The molecule has 0 aliphatic carbocycles. The van der Waals surface area contributed by atoms with Gasteiger partial charge in [0.05, 0.1) is 12.7 Å². The third kappa shape index (κ3) is 3.27. The van der Waals surface area contributed by atoms with Crippen molar-refractivity contribution in [2.45, 2.75) is 39.3 Å². The van der Waals surface area contributed by atoms with Gasteiger partial charge >= 0.3 is 0 Å². The van der Waals surface area contributed by atoms with Gasteiger partial charge in [-0.05, 0) is 27.2 Å². The number of hydrogen-bond donors (Lipinski definition) is 0. The van der Waals surface area contributed by atoms with E-state index in [0.29, 0.717) is 11.9 Å². The van der Waals surface area contributed by atoms with Crippen molar-refractivity contribution in [2.75, 3.05) is 19.7 Å². The van der Waals surface area contributed by atoms with Gasteiger partial charge in [-0.25, -0.2) is 10.1 Å². The summed E-state index contributed by atoms with van der Waals surface area (Å²) in [5.41, 5.74) is 0. The predicted octanol–water partition coefficient (Wildman–Crippen LogP) is 1.50. The second-order valence-corrected chi connectivity index (χ2v) is 5.52. The van der Waals surface area contributed by atoms with Gasteiger partial charge in [0, 0.05) is 31.2 Å². The number of hydrogen-bond acceptors (Lipinski definition) is 3. The number of nitro groups is 1. The Kier molecular flexibility index (Phi) is 4.59. The molecule has 2 rings (SSSR count). The summed E-state index contributed by atoms with van der Waals surface area (Å²) in [6, 6.07) is 0.209. The van der Waals surface area contributed by atoms with Gasteiger partial charge in [-0.2, -0.15) is 0 Å². The van der Waals surface area contributed by atoms with Crippen molar-refractivity contribution >= 4 is 5.96 Å². The molecule has 20 heavy (non-hydrogen) atoms. The zero-order chi connectivity index (χ0) is 14.7. The predicted molar refractivity (Wildman–Crippen MR) is 75.6 cm³/mol. The van der Waals surface area contributed by atoms with Crippen molar-refractivity contribution in [2.24, 2.45) is 11.0 Å². The van der Waals surface area contributed by atoms with Crippen LogP contribution in [0, 0.1) is 16.0 Å². The van der Waals surface area contributed by atoms with Crippen LogP contribution < -0.4 is 0 Å². The normalized spacial score (nSPS) is 32.8. The first-order valence-electron chi connectivity index (χ1n) is 7.02. The van der Waals surface area contributed by atoms with Gasteiger partial charge in [-0.1, -0.05) is 6.08 Å². The standard InChI is InChI=1S/C13H22N4O3/c1-4-5-15-7-10(2)16(13(15)14-17(18)19)8-12-6-11(3)20-9-12/h4-5,10-12H,6-9H2,1-3H3. The van der Waals surface area contributed by atoms with Gasteiger partial charge in [-0.15, -0.1) is 0 Å². The van der Waals surface area contributed by atoms with Crippen LogP contribution >= 0.6 is 0 Å². The number of allylic oxidation sites excluding steroid dienone is 1. The molecule has 0 saturated carbocycles. The fourth-order valence-corrected chi connectivity index (χ4v) is 2.90. The average Bonchev–Trinajstić information content (AvgIpc) is 2.88. The maximum atomic E-state index is 10.8. The van der Waals surface area contributed by atoms with Gasteiger partial charge in [-0.3, -0.25) is 0 Å². The molecule has 0 aromatic heterocycles. The maximum absolute atomic E-state index is 10.8. The molecule has 7 heteroatoms. The smallest absolute Gasteiger partial charge is 0.278 e. The molecule has 0 aromatic carbocycles. The SMILES string of the molecule is CC=CN1CC(C)N(CC2COC(C)C2)C1=N[N+](=O)[O-]. The van der Waals surface area contributed by atoms with Crippen LogP contribution in [0.1, 0.15) is 27.2 Å². The summed E-state index contributed by atoms with van der Waals surface area (Å²) < 4.78 is 5.57. The Labute approximate surface area is 119 Å². The first-order valence-corrected chi connectivity index (χ1v) is 7.02. The topological polar surface area (TPSA) is 71.2 Å². The van der Waals surface area contributed by atoms with Crippen LogP contribution in [0.5, 0.6) is 0 Å². The zero-order valence-corrected chi connectivity index (χ0v) is 12.2. The Balaban J connectivity index is 2.13. The van der Waals surface area contributed by atoms with Gasteiger partial charge in [0.1, 0.15) is 5.10 Å². The highest BCUT2D eigenvalue weighted by Gasteiger charge is 2.36. The third-order valence-electron chi connectivity index (χ3n) is 3.74. The summed E-state index contributed by atoms with van der Waals surface area (Å²) in [4.78, 5) is 14.6. The molecule has 0 aromatic rings. The highest BCUT2D eigenvalue weighted by Crippen LogP contribution is 2.24. The number of hydrazone groups is 1. The Morgan fingerprint density at radius 2 is 2.30 bits per heavy atom. The number of rotatable bonds is 4. The molecule has 3 atom stereocenters. The van der Waals surface area contributed by atoms with Crippen LogP contribution in [0.25, 0.3) is 0 Å². The third-order valence-corrected chi connectivity index (χ3v) is 3.74. The molecule has 3 unspecified atom stereocenters. The van der Waals surface area contributed by atoms with E-state index >= 15 is 0 Å². The molecule has 0 N–H and O–H groups in total. The first-order chi connectivity index (χ1) is 9.51. The first kappa shape index (κ1) is 14.8. The maximum Gasteiger partial charge on any atom is 0.278 e. The Morgan fingerprint density at radius 1 is 1.55 bits per heavy atom. The average molecular weight is 282 g/mol. The van der Waals surface area contributed by atoms with Crippen LogP contribution in [0.3, 0.4) is 0 Å². The quantitative estimate of drug-likeness (QED) is 0.577. The summed E-state index contributed by atoms with van der Waals surface area (Å²) in [5.74, 6) is 0.843. The molecule has 0 bridgehead atoms.